The highest BCUT2D eigenvalue weighted by atomic mass is 19.4. The van der Waals surface area contributed by atoms with E-state index in [0.717, 1.165) is 70.1 Å². The number of imidazole rings is 1. The summed E-state index contributed by atoms with van der Waals surface area (Å²) in [5, 5.41) is 11.0. The van der Waals surface area contributed by atoms with Crippen LogP contribution in [-0.4, -0.2) is 83.3 Å². The zero-order valence-corrected chi connectivity index (χ0v) is 28.1. The van der Waals surface area contributed by atoms with Crippen LogP contribution in [0.2, 0.25) is 0 Å². The second-order valence-electron chi connectivity index (χ2n) is 13.4. The first-order valence-electron chi connectivity index (χ1n) is 16.9. The predicted octanol–water partition coefficient (Wildman–Crippen LogP) is 6.29. The summed E-state index contributed by atoms with van der Waals surface area (Å²) in [6, 6.07) is 22.6. The molecule has 0 bridgehead atoms. The van der Waals surface area contributed by atoms with Gasteiger partial charge < -0.3 is 38.9 Å². The van der Waals surface area contributed by atoms with Gasteiger partial charge in [-0.2, -0.15) is 0 Å². The molecule has 15 heteroatoms. The minimum Gasteiger partial charge on any atom is -0.490 e. The Kier molecular flexibility index (Phi) is 9.55. The number of fused-ring (bicyclic) bond motifs is 1. The number of hydrogen-bond donors (Lipinski definition) is 0. The van der Waals surface area contributed by atoms with E-state index in [0.29, 0.717) is 12.3 Å². The molecule has 0 aliphatic carbocycles. The number of hydrogen-bond acceptors (Lipinski definition) is 10. The van der Waals surface area contributed by atoms with Gasteiger partial charge >= 0.3 is 18.2 Å². The van der Waals surface area contributed by atoms with Gasteiger partial charge in [-0.1, -0.05) is 12.1 Å². The van der Waals surface area contributed by atoms with Crippen LogP contribution in [0.25, 0.3) is 0 Å². The van der Waals surface area contributed by atoms with Crippen LogP contribution in [0.4, 0.5) is 30.4 Å². The highest BCUT2D eigenvalue weighted by Crippen LogP contribution is 2.32. The molecule has 0 radical (unpaired) electrons. The smallest absolute Gasteiger partial charge is 0.490 e. The van der Waals surface area contributed by atoms with Gasteiger partial charge in [-0.3, -0.25) is 9.47 Å². The highest BCUT2D eigenvalue weighted by molar-refractivity contribution is 5.50. The summed E-state index contributed by atoms with van der Waals surface area (Å²) < 4.78 is 60.7. The van der Waals surface area contributed by atoms with Gasteiger partial charge in [0.1, 0.15) is 36.2 Å². The van der Waals surface area contributed by atoms with Crippen LogP contribution in [-0.2, 0) is 13.1 Å². The van der Waals surface area contributed by atoms with Crippen LogP contribution in [0.3, 0.4) is 0 Å². The van der Waals surface area contributed by atoms with Gasteiger partial charge in [0.05, 0.1) is 6.54 Å². The predicted molar refractivity (Wildman–Crippen MR) is 183 cm³/mol. The van der Waals surface area contributed by atoms with Crippen LogP contribution < -0.4 is 28.7 Å². The maximum atomic E-state index is 12.4. The van der Waals surface area contributed by atoms with Gasteiger partial charge in [-0.05, 0) is 78.1 Å². The Hall–Kier alpha value is -5.18. The first-order valence-corrected chi connectivity index (χ1v) is 16.9. The lowest BCUT2D eigenvalue weighted by molar-refractivity contribution is -0.389. The lowest BCUT2D eigenvalue weighted by Crippen LogP contribution is -2.45. The second kappa shape index (κ2) is 14.2. The standard InChI is InChI=1S/C36H39F3N6O6/c1-35(24-44-23-33(45(46)47)40-34(44)51-35)25-48-29-8-6-28(7-9-29)43-20-18-41(19-21-43)22-26-2-4-27(5-3-26)42-16-14-31(15-17-42)49-30-10-12-32(13-11-30)50-36(37,38)39/h2-13,23,31H,14-22,24-25H2,1H3/t35-/m1/s1. The summed E-state index contributed by atoms with van der Waals surface area (Å²) in [7, 11) is 0. The number of ether oxygens (including phenoxy) is 4. The summed E-state index contributed by atoms with van der Waals surface area (Å²) in [5.74, 6) is 0.773. The molecule has 4 aromatic rings. The van der Waals surface area contributed by atoms with Gasteiger partial charge in [0, 0.05) is 75.0 Å². The molecule has 2 saturated heterocycles. The fraction of sp³-hybridized carbons (Fsp3) is 0.417. The van der Waals surface area contributed by atoms with Gasteiger partial charge in [0.15, 0.2) is 5.60 Å². The lowest BCUT2D eigenvalue weighted by atomic mass is 10.1. The number of aromatic nitrogens is 2. The van der Waals surface area contributed by atoms with Crippen LogP contribution in [0.1, 0.15) is 25.3 Å². The van der Waals surface area contributed by atoms with Crippen molar-refractivity contribution in [3.05, 3.63) is 94.7 Å². The molecular formula is C36H39F3N6O6. The van der Waals surface area contributed by atoms with Crippen LogP contribution in [0, 0.1) is 10.1 Å². The molecule has 0 spiro atoms. The van der Waals surface area contributed by atoms with Crippen LogP contribution >= 0.6 is 0 Å². The maximum absolute atomic E-state index is 12.4. The minimum absolute atomic E-state index is 0.00369. The molecule has 0 saturated carbocycles. The fourth-order valence-electron chi connectivity index (χ4n) is 6.72. The molecule has 0 N–H and O–H groups in total. The van der Waals surface area contributed by atoms with Crippen molar-refractivity contribution < 1.29 is 37.0 Å². The molecule has 3 aromatic carbocycles. The van der Waals surface area contributed by atoms with Crippen molar-refractivity contribution in [1.29, 1.82) is 0 Å². The number of piperidine rings is 1. The molecule has 1 aromatic heterocycles. The molecule has 51 heavy (non-hydrogen) atoms. The first-order chi connectivity index (χ1) is 24.5. The van der Waals surface area contributed by atoms with Gasteiger partial charge in [0.2, 0.25) is 0 Å². The number of piperazine rings is 1. The first kappa shape index (κ1) is 34.3. The quantitative estimate of drug-likeness (QED) is 0.130. The molecular weight excluding hydrogens is 669 g/mol. The van der Waals surface area contributed by atoms with E-state index in [1.54, 1.807) is 4.57 Å². The molecule has 0 unspecified atom stereocenters. The fourth-order valence-corrected chi connectivity index (χ4v) is 6.72. The van der Waals surface area contributed by atoms with Crippen molar-refractivity contribution in [2.24, 2.45) is 0 Å². The normalized spacial score (nSPS) is 19.8. The Labute approximate surface area is 293 Å². The molecule has 7 rings (SSSR count). The van der Waals surface area contributed by atoms with Crippen LogP contribution in [0.5, 0.6) is 23.3 Å². The molecule has 4 heterocycles. The van der Waals surface area contributed by atoms with Crippen molar-refractivity contribution >= 4 is 17.2 Å². The zero-order chi connectivity index (χ0) is 35.6. The van der Waals surface area contributed by atoms with E-state index in [-0.39, 0.29) is 30.3 Å². The SMILES string of the molecule is C[C@]1(COc2ccc(N3CCN(Cc4ccc(N5CCC(Oc6ccc(OC(F)(F)F)cc6)CC5)cc4)CC3)cc2)Cn2cc([N+](=O)[O-])nc2O1. The van der Waals surface area contributed by atoms with E-state index in [1.165, 1.54) is 41.7 Å². The average Bonchev–Trinajstić information content (AvgIpc) is 3.65. The third kappa shape index (κ3) is 8.59. The Balaban J connectivity index is 0.814. The van der Waals surface area contributed by atoms with Gasteiger partial charge in [-0.15, -0.1) is 13.2 Å². The number of rotatable bonds is 11. The van der Waals surface area contributed by atoms with E-state index in [1.807, 2.05) is 19.1 Å². The van der Waals surface area contributed by atoms with E-state index in [4.69, 9.17) is 14.2 Å². The minimum atomic E-state index is -4.71. The van der Waals surface area contributed by atoms with Crippen molar-refractivity contribution in [3.63, 3.8) is 0 Å². The molecule has 3 aliphatic rings. The zero-order valence-electron chi connectivity index (χ0n) is 28.1. The number of alkyl halides is 3. The number of nitro groups is 1. The molecule has 1 atom stereocenters. The third-order valence-corrected chi connectivity index (χ3v) is 9.38. The van der Waals surface area contributed by atoms with Gasteiger partial charge in [-0.25, -0.2) is 0 Å². The highest BCUT2D eigenvalue weighted by Gasteiger charge is 2.41. The Bertz CT molecular complexity index is 1760. The Morgan fingerprint density at radius 3 is 2.06 bits per heavy atom. The molecule has 0 amide bonds. The molecule has 270 valence electrons. The van der Waals surface area contributed by atoms with E-state index >= 15 is 0 Å². The Morgan fingerprint density at radius 1 is 0.863 bits per heavy atom. The van der Waals surface area contributed by atoms with E-state index < -0.39 is 16.9 Å². The summed E-state index contributed by atoms with van der Waals surface area (Å²) in [6.45, 7) is 8.90. The summed E-state index contributed by atoms with van der Waals surface area (Å²) in [6.07, 6.45) is -1.69. The van der Waals surface area contributed by atoms with Crippen molar-refractivity contribution in [2.45, 2.75) is 50.9 Å². The summed E-state index contributed by atoms with van der Waals surface area (Å²) in [4.78, 5) is 21.5. The summed E-state index contributed by atoms with van der Waals surface area (Å²) in [5.41, 5.74) is 2.92. The number of halogens is 3. The summed E-state index contributed by atoms with van der Waals surface area (Å²) >= 11 is 0. The lowest BCUT2D eigenvalue weighted by Gasteiger charge is -2.36. The average molecular weight is 709 g/mol. The molecule has 12 nitrogen and oxygen atoms in total. The van der Waals surface area contributed by atoms with Crippen molar-refractivity contribution in [1.82, 2.24) is 14.5 Å². The third-order valence-electron chi connectivity index (χ3n) is 9.38. The molecule has 3 aliphatic heterocycles. The van der Waals surface area contributed by atoms with Gasteiger partial charge in [0.25, 0.3) is 0 Å². The van der Waals surface area contributed by atoms with E-state index in [9.17, 15) is 23.3 Å². The number of anilines is 2. The monoisotopic (exact) mass is 708 g/mol. The molecule has 2 fully saturated rings. The second-order valence-corrected chi connectivity index (χ2v) is 13.4. The Morgan fingerprint density at radius 2 is 1.45 bits per heavy atom. The largest absolute Gasteiger partial charge is 0.573 e. The van der Waals surface area contributed by atoms with E-state index in [2.05, 4.69) is 60.8 Å². The number of nitrogens with zero attached hydrogens (tertiary/aromatic N) is 6. The topological polar surface area (TPSA) is 108 Å². The van der Waals surface area contributed by atoms with Crippen molar-refractivity contribution in [3.8, 4) is 23.3 Å². The maximum Gasteiger partial charge on any atom is 0.573 e. The number of benzene rings is 3. The van der Waals surface area contributed by atoms with Crippen molar-refractivity contribution in [2.75, 3.05) is 55.7 Å². The van der Waals surface area contributed by atoms with Crippen LogP contribution in [0.15, 0.2) is 79.0 Å².